The predicted octanol–water partition coefficient (Wildman–Crippen LogP) is 0.596. The Balaban J connectivity index is 1.78. The number of carboxylic acid groups (broad SMARTS) is 1. The van der Waals surface area contributed by atoms with Crippen LogP contribution in [0.15, 0.2) is 24.5 Å². The van der Waals surface area contributed by atoms with E-state index < -0.39 is 5.97 Å². The highest BCUT2D eigenvalue weighted by Gasteiger charge is 2.38. The molecule has 0 aliphatic carbocycles. The van der Waals surface area contributed by atoms with E-state index in [1.54, 1.807) is 29.4 Å². The van der Waals surface area contributed by atoms with Gasteiger partial charge in [-0.15, -0.1) is 0 Å². The number of amides is 1. The van der Waals surface area contributed by atoms with Crippen LogP contribution in [-0.2, 0) is 4.79 Å². The third-order valence-electron chi connectivity index (χ3n) is 4.43. The first-order valence-electron chi connectivity index (χ1n) is 7.96. The zero-order chi connectivity index (χ0) is 18.0. The number of rotatable bonds is 5. The van der Waals surface area contributed by atoms with Gasteiger partial charge in [0.2, 0.25) is 0 Å². The van der Waals surface area contributed by atoms with Crippen LogP contribution in [0.1, 0.15) is 28.4 Å². The fraction of sp³-hybridized carbons (Fsp3) is 0.438. The van der Waals surface area contributed by atoms with Crippen LogP contribution in [0.4, 0.5) is 5.82 Å². The number of hydrogen-bond donors (Lipinski definition) is 2. The van der Waals surface area contributed by atoms with E-state index in [2.05, 4.69) is 20.4 Å². The molecule has 0 aromatic carbocycles. The Morgan fingerprint density at radius 2 is 2.12 bits per heavy atom. The molecule has 132 valence electrons. The fourth-order valence-corrected chi connectivity index (χ4v) is 3.15. The molecule has 0 unspecified atom stereocenters. The molecule has 2 aromatic heterocycles. The molecule has 3 rings (SSSR count). The highest BCUT2D eigenvalue weighted by molar-refractivity contribution is 5.94. The molecule has 2 N–H and O–H groups in total. The van der Waals surface area contributed by atoms with E-state index in [1.165, 1.54) is 0 Å². The van der Waals surface area contributed by atoms with Crippen LogP contribution in [0.5, 0.6) is 0 Å². The second kappa shape index (κ2) is 6.88. The molecule has 9 heteroatoms. The minimum Gasteiger partial charge on any atom is -0.481 e. The number of carboxylic acids is 1. The summed E-state index contributed by atoms with van der Waals surface area (Å²) in [4.78, 5) is 31.7. The number of nitrogens with zero attached hydrogens (tertiary/aromatic N) is 5. The third-order valence-corrected chi connectivity index (χ3v) is 4.43. The van der Waals surface area contributed by atoms with Crippen LogP contribution in [0.25, 0.3) is 0 Å². The monoisotopic (exact) mass is 344 g/mol. The van der Waals surface area contributed by atoms with Gasteiger partial charge in [-0.3, -0.25) is 9.59 Å². The van der Waals surface area contributed by atoms with Crippen molar-refractivity contribution in [3.05, 3.63) is 35.8 Å². The molecular formula is C16H20N6O3. The van der Waals surface area contributed by atoms with E-state index in [-0.39, 0.29) is 24.2 Å². The number of H-pyrrole nitrogens is 1. The summed E-state index contributed by atoms with van der Waals surface area (Å²) in [5, 5.41) is 19.6. The van der Waals surface area contributed by atoms with Crippen molar-refractivity contribution >= 4 is 17.7 Å². The molecule has 0 bridgehead atoms. The molecule has 1 aliphatic rings. The van der Waals surface area contributed by atoms with Crippen LogP contribution < -0.4 is 4.90 Å². The molecular weight excluding hydrogens is 324 g/mol. The van der Waals surface area contributed by atoms with E-state index in [9.17, 15) is 9.59 Å². The Bertz CT molecular complexity index is 744. The summed E-state index contributed by atoms with van der Waals surface area (Å²) >= 11 is 0. The first-order valence-corrected chi connectivity index (χ1v) is 7.96. The summed E-state index contributed by atoms with van der Waals surface area (Å²) in [7, 11) is 3.76. The number of carbonyl (C=O) groups excluding carboxylic acids is 1. The number of aromatic amines is 1. The number of aliphatic carboxylic acids is 1. The maximum atomic E-state index is 12.8. The molecule has 1 aliphatic heterocycles. The standard InChI is InChI=1S/C16H20N6O3/c1-21(2)14-4-3-10(6-17-14)16(25)22-8-11(5-15(23)24)12(9-22)13-7-18-20-19-13/h3-4,6-7,11-12H,5,8-9H2,1-2H3,(H,23,24)(H,18,19,20)/t11-,12+/m0/s1. The van der Waals surface area contributed by atoms with Gasteiger partial charge < -0.3 is 14.9 Å². The van der Waals surface area contributed by atoms with Crippen LogP contribution in [0.2, 0.25) is 0 Å². The van der Waals surface area contributed by atoms with Crippen LogP contribution in [0, 0.1) is 5.92 Å². The number of anilines is 1. The van der Waals surface area contributed by atoms with Gasteiger partial charge >= 0.3 is 5.97 Å². The zero-order valence-electron chi connectivity index (χ0n) is 14.1. The van der Waals surface area contributed by atoms with Crippen molar-refractivity contribution in [2.24, 2.45) is 5.92 Å². The maximum Gasteiger partial charge on any atom is 0.303 e. The molecule has 0 saturated carbocycles. The second-order valence-corrected chi connectivity index (χ2v) is 6.37. The zero-order valence-corrected chi connectivity index (χ0v) is 14.1. The number of carbonyl (C=O) groups is 2. The molecule has 2 aromatic rings. The third kappa shape index (κ3) is 3.59. The molecule has 1 amide bonds. The Hall–Kier alpha value is -2.97. The average molecular weight is 344 g/mol. The SMILES string of the molecule is CN(C)c1ccc(C(=O)N2C[C@H](CC(=O)O)[C@H](c3cn[nH]n3)C2)cn1. The lowest BCUT2D eigenvalue weighted by molar-refractivity contribution is -0.138. The maximum absolute atomic E-state index is 12.8. The van der Waals surface area contributed by atoms with E-state index in [0.717, 1.165) is 5.82 Å². The van der Waals surface area contributed by atoms with Gasteiger partial charge in [0.15, 0.2) is 0 Å². The Kier molecular flexibility index (Phi) is 4.64. The van der Waals surface area contributed by atoms with E-state index >= 15 is 0 Å². The minimum absolute atomic E-state index is 0.0148. The van der Waals surface area contributed by atoms with Crippen molar-refractivity contribution < 1.29 is 14.7 Å². The average Bonchev–Trinajstić information content (AvgIpc) is 3.23. The molecule has 0 radical (unpaired) electrons. The number of aromatic nitrogens is 4. The number of likely N-dealkylation sites (tertiary alicyclic amines) is 1. The lowest BCUT2D eigenvalue weighted by atomic mass is 9.91. The summed E-state index contributed by atoms with van der Waals surface area (Å²) < 4.78 is 0. The summed E-state index contributed by atoms with van der Waals surface area (Å²) in [5.41, 5.74) is 1.17. The molecule has 25 heavy (non-hydrogen) atoms. The Morgan fingerprint density at radius 3 is 2.68 bits per heavy atom. The number of nitrogens with one attached hydrogen (secondary N) is 1. The van der Waals surface area contributed by atoms with Gasteiger partial charge in [-0.05, 0) is 18.1 Å². The first kappa shape index (κ1) is 16.9. The van der Waals surface area contributed by atoms with Gasteiger partial charge in [0, 0.05) is 39.3 Å². The summed E-state index contributed by atoms with van der Waals surface area (Å²) in [6.07, 6.45) is 3.12. The van der Waals surface area contributed by atoms with E-state index in [4.69, 9.17) is 5.11 Å². The largest absolute Gasteiger partial charge is 0.481 e. The summed E-state index contributed by atoms with van der Waals surface area (Å²) in [6.45, 7) is 0.789. The van der Waals surface area contributed by atoms with Crippen molar-refractivity contribution in [2.45, 2.75) is 12.3 Å². The highest BCUT2D eigenvalue weighted by Crippen LogP contribution is 2.34. The van der Waals surface area contributed by atoms with E-state index in [0.29, 0.717) is 24.3 Å². The topological polar surface area (TPSA) is 115 Å². The van der Waals surface area contributed by atoms with Gasteiger partial charge in [0.25, 0.3) is 5.91 Å². The number of pyridine rings is 1. The van der Waals surface area contributed by atoms with Crippen molar-refractivity contribution in [1.82, 2.24) is 25.3 Å². The smallest absolute Gasteiger partial charge is 0.303 e. The summed E-state index contributed by atoms with van der Waals surface area (Å²) in [6, 6.07) is 3.52. The van der Waals surface area contributed by atoms with Gasteiger partial charge in [0.1, 0.15) is 5.82 Å². The predicted molar refractivity (Wildman–Crippen MR) is 89.3 cm³/mol. The van der Waals surface area contributed by atoms with Crippen molar-refractivity contribution in [1.29, 1.82) is 0 Å². The molecule has 9 nitrogen and oxygen atoms in total. The lowest BCUT2D eigenvalue weighted by Gasteiger charge is -2.17. The normalized spacial score (nSPS) is 19.8. The van der Waals surface area contributed by atoms with Gasteiger partial charge in [-0.2, -0.15) is 15.4 Å². The Labute approximate surface area is 144 Å². The van der Waals surface area contributed by atoms with E-state index in [1.807, 2.05) is 19.0 Å². The van der Waals surface area contributed by atoms with Crippen LogP contribution in [0.3, 0.4) is 0 Å². The van der Waals surface area contributed by atoms with Gasteiger partial charge in [-0.25, -0.2) is 4.98 Å². The minimum atomic E-state index is -0.884. The van der Waals surface area contributed by atoms with Crippen LogP contribution >= 0.6 is 0 Å². The van der Waals surface area contributed by atoms with Crippen LogP contribution in [-0.4, -0.2) is 69.5 Å². The fourth-order valence-electron chi connectivity index (χ4n) is 3.15. The highest BCUT2D eigenvalue weighted by atomic mass is 16.4. The number of hydrogen-bond acceptors (Lipinski definition) is 6. The Morgan fingerprint density at radius 1 is 1.32 bits per heavy atom. The van der Waals surface area contributed by atoms with Crippen molar-refractivity contribution in [3.63, 3.8) is 0 Å². The quantitative estimate of drug-likeness (QED) is 0.816. The molecule has 1 saturated heterocycles. The van der Waals surface area contributed by atoms with Gasteiger partial charge in [-0.1, -0.05) is 0 Å². The molecule has 3 heterocycles. The van der Waals surface area contributed by atoms with Crippen molar-refractivity contribution in [3.8, 4) is 0 Å². The van der Waals surface area contributed by atoms with Crippen molar-refractivity contribution in [2.75, 3.05) is 32.1 Å². The lowest BCUT2D eigenvalue weighted by Crippen LogP contribution is -2.29. The molecule has 2 atom stereocenters. The molecule has 1 fully saturated rings. The molecule has 0 spiro atoms. The summed E-state index contributed by atoms with van der Waals surface area (Å²) in [5.74, 6) is -0.612. The first-order chi connectivity index (χ1) is 12.0. The second-order valence-electron chi connectivity index (χ2n) is 6.37. The van der Waals surface area contributed by atoms with Gasteiger partial charge in [0.05, 0.1) is 23.9 Å².